The van der Waals surface area contributed by atoms with E-state index < -0.39 is 0 Å². The summed E-state index contributed by atoms with van der Waals surface area (Å²) >= 11 is 0. The zero-order valence-electron chi connectivity index (χ0n) is 24.4. The van der Waals surface area contributed by atoms with Crippen LogP contribution >= 0.6 is 0 Å². The highest BCUT2D eigenvalue weighted by Crippen LogP contribution is 2.47. The van der Waals surface area contributed by atoms with Crippen LogP contribution < -0.4 is 5.11 Å². The monoisotopic (exact) mass is 548 g/mol. The Bertz CT molecular complexity index is 2020. The van der Waals surface area contributed by atoms with Gasteiger partial charge in [-0.05, 0) is 67.3 Å². The summed E-state index contributed by atoms with van der Waals surface area (Å²) in [5, 5.41) is 15.1. The highest BCUT2D eigenvalue weighted by Gasteiger charge is 2.41. The maximum atomic E-state index is 14.2. The molecule has 0 amide bonds. The lowest BCUT2D eigenvalue weighted by Crippen LogP contribution is -2.31. The van der Waals surface area contributed by atoms with E-state index >= 15 is 0 Å². The minimum absolute atomic E-state index is 0.160. The minimum atomic E-state index is -0.160. The van der Waals surface area contributed by atoms with Gasteiger partial charge in [-0.1, -0.05) is 72.5 Å². The molecule has 1 aliphatic carbocycles. The number of hydrogen-bond donors (Lipinski definition) is 0. The Balaban J connectivity index is 1.44. The van der Waals surface area contributed by atoms with Crippen molar-refractivity contribution >= 4 is 39.2 Å². The third kappa shape index (κ3) is 3.68. The molecule has 4 heteroatoms. The third-order valence-electron chi connectivity index (χ3n) is 8.90. The fourth-order valence-electron chi connectivity index (χ4n) is 6.88. The van der Waals surface area contributed by atoms with Gasteiger partial charge in [0.25, 0.3) is 0 Å². The second-order valence-electron chi connectivity index (χ2n) is 11.0. The number of benzene rings is 4. The number of rotatable bonds is 5. The SMILES string of the molecule is CCn1c(C)c(C2=C([O-])/C(=C3/C(C)=[N+](CC)c4ccc(-c5ccccc5)cc43)C2=O)c2cc(-c3ccccc3)ccc21. The summed E-state index contributed by atoms with van der Waals surface area (Å²) in [4.78, 5) is 14.2. The zero-order valence-corrected chi connectivity index (χ0v) is 24.4. The fraction of sp³-hybridized carbons (Fsp3) is 0.158. The van der Waals surface area contributed by atoms with Gasteiger partial charge in [0.1, 0.15) is 6.54 Å². The van der Waals surface area contributed by atoms with E-state index in [9.17, 15) is 9.90 Å². The number of Topliss-reactive ketones (excluding diaryl/α,β-unsaturated/α-hetero) is 1. The van der Waals surface area contributed by atoms with Crippen molar-refractivity contribution in [1.29, 1.82) is 0 Å². The topological polar surface area (TPSA) is 48.1 Å². The number of ketones is 1. The predicted octanol–water partition coefficient (Wildman–Crippen LogP) is 7.55. The number of aromatic nitrogens is 1. The second kappa shape index (κ2) is 9.85. The van der Waals surface area contributed by atoms with Gasteiger partial charge >= 0.3 is 0 Å². The first-order chi connectivity index (χ1) is 20.4. The molecule has 1 aromatic heterocycles. The van der Waals surface area contributed by atoms with E-state index in [4.69, 9.17) is 0 Å². The highest BCUT2D eigenvalue weighted by atomic mass is 16.3. The Hall–Kier alpha value is -4.96. The molecule has 206 valence electrons. The molecule has 0 unspecified atom stereocenters. The number of carbonyl (C=O) groups is 1. The van der Waals surface area contributed by atoms with Gasteiger partial charge in [-0.25, -0.2) is 0 Å². The van der Waals surface area contributed by atoms with Crippen LogP contribution in [0.4, 0.5) is 5.69 Å². The van der Waals surface area contributed by atoms with Gasteiger partial charge in [-0.2, -0.15) is 4.58 Å². The first kappa shape index (κ1) is 26.0. The Morgan fingerprint density at radius 2 is 1.33 bits per heavy atom. The minimum Gasteiger partial charge on any atom is -0.871 e. The lowest BCUT2D eigenvalue weighted by molar-refractivity contribution is -0.432. The van der Waals surface area contributed by atoms with Crippen LogP contribution in [0.5, 0.6) is 0 Å². The molecular weight excluding hydrogens is 516 g/mol. The van der Waals surface area contributed by atoms with E-state index in [1.165, 1.54) is 0 Å². The van der Waals surface area contributed by atoms with Gasteiger partial charge in [0.05, 0.1) is 11.1 Å². The molecule has 0 radical (unpaired) electrons. The van der Waals surface area contributed by atoms with Crippen molar-refractivity contribution in [3.63, 3.8) is 0 Å². The third-order valence-corrected chi connectivity index (χ3v) is 8.90. The fourth-order valence-corrected chi connectivity index (χ4v) is 6.88. The predicted molar refractivity (Wildman–Crippen MR) is 170 cm³/mol. The Morgan fingerprint density at radius 3 is 1.93 bits per heavy atom. The van der Waals surface area contributed by atoms with Crippen molar-refractivity contribution in [2.45, 2.75) is 34.2 Å². The van der Waals surface area contributed by atoms with Crippen LogP contribution in [0.15, 0.2) is 108 Å². The number of aryl methyl sites for hydroxylation is 1. The second-order valence-corrected chi connectivity index (χ2v) is 11.0. The molecule has 0 spiro atoms. The van der Waals surface area contributed by atoms with Crippen molar-refractivity contribution < 1.29 is 14.5 Å². The summed E-state index contributed by atoms with van der Waals surface area (Å²) in [7, 11) is 0. The highest BCUT2D eigenvalue weighted by molar-refractivity contribution is 6.47. The lowest BCUT2D eigenvalue weighted by atomic mass is 9.77. The molecule has 4 nitrogen and oxygen atoms in total. The smallest absolute Gasteiger partial charge is 0.213 e. The molecule has 0 saturated heterocycles. The molecule has 0 atom stereocenters. The molecule has 2 heterocycles. The van der Waals surface area contributed by atoms with Gasteiger partial charge in [0.2, 0.25) is 5.69 Å². The van der Waals surface area contributed by atoms with Gasteiger partial charge in [0, 0.05) is 52.8 Å². The van der Waals surface area contributed by atoms with Crippen molar-refractivity contribution in [1.82, 2.24) is 4.57 Å². The van der Waals surface area contributed by atoms with Crippen LogP contribution in [0.2, 0.25) is 0 Å². The molecule has 1 aliphatic heterocycles. The molecule has 7 rings (SSSR count). The van der Waals surface area contributed by atoms with Crippen molar-refractivity contribution in [3.05, 3.63) is 125 Å². The Morgan fingerprint density at radius 1 is 0.714 bits per heavy atom. The van der Waals surface area contributed by atoms with Crippen LogP contribution in [-0.4, -0.2) is 27.2 Å². The van der Waals surface area contributed by atoms with Crippen LogP contribution in [0.25, 0.3) is 44.3 Å². The Kier molecular flexibility index (Phi) is 6.09. The average Bonchev–Trinajstić information content (AvgIpc) is 3.46. The molecule has 0 bridgehead atoms. The molecule has 0 fully saturated rings. The van der Waals surface area contributed by atoms with E-state index in [1.807, 2.05) is 50.2 Å². The van der Waals surface area contributed by atoms with E-state index in [1.54, 1.807) is 0 Å². The van der Waals surface area contributed by atoms with E-state index in [0.717, 1.165) is 80.0 Å². The van der Waals surface area contributed by atoms with Crippen molar-refractivity contribution in [2.24, 2.45) is 0 Å². The number of nitrogens with zero attached hydrogens (tertiary/aromatic N) is 2. The maximum Gasteiger partial charge on any atom is 0.213 e. The summed E-state index contributed by atoms with van der Waals surface area (Å²) in [6.07, 6.45) is 0. The molecule has 2 aliphatic rings. The number of carbonyl (C=O) groups excluding carboxylic acids is 1. The van der Waals surface area contributed by atoms with E-state index in [2.05, 4.69) is 83.7 Å². The molecule has 4 aromatic carbocycles. The van der Waals surface area contributed by atoms with Gasteiger partial charge < -0.3 is 9.67 Å². The van der Waals surface area contributed by atoms with Crippen LogP contribution in [-0.2, 0) is 11.3 Å². The van der Waals surface area contributed by atoms with Crippen LogP contribution in [0.1, 0.15) is 37.6 Å². The maximum absolute atomic E-state index is 14.2. The van der Waals surface area contributed by atoms with E-state index in [-0.39, 0.29) is 11.5 Å². The summed E-state index contributed by atoms with van der Waals surface area (Å²) in [6.45, 7) is 9.75. The molecule has 0 N–H and O–H groups in total. The first-order valence-electron chi connectivity index (χ1n) is 14.6. The zero-order chi connectivity index (χ0) is 29.1. The van der Waals surface area contributed by atoms with Gasteiger partial charge in [-0.3, -0.25) is 4.79 Å². The van der Waals surface area contributed by atoms with Crippen molar-refractivity contribution in [2.75, 3.05) is 6.54 Å². The Labute approximate surface area is 246 Å². The van der Waals surface area contributed by atoms with Gasteiger partial charge in [0.15, 0.2) is 11.5 Å². The van der Waals surface area contributed by atoms with Crippen molar-refractivity contribution in [3.8, 4) is 22.3 Å². The molecule has 42 heavy (non-hydrogen) atoms. The summed E-state index contributed by atoms with van der Waals surface area (Å²) in [6, 6.07) is 33.2. The standard InChI is InChI=1S/C38H32N2O2/c1-5-39-23(3)33(29-21-27(17-19-31(29)39)25-13-9-7-10-14-25)35-37(41)36(38(35)42)34-24(4)40(6-2)32-20-18-28(22-30(32)34)26-15-11-8-12-16-26/h7-22H,5-6H2,1-4H3. The lowest BCUT2D eigenvalue weighted by Gasteiger charge is -2.32. The normalized spacial score (nSPS) is 16.4. The summed E-state index contributed by atoms with van der Waals surface area (Å²) < 4.78 is 4.40. The van der Waals surface area contributed by atoms with E-state index in [0.29, 0.717) is 11.1 Å². The van der Waals surface area contributed by atoms with Crippen LogP contribution in [0.3, 0.4) is 0 Å². The summed E-state index contributed by atoms with van der Waals surface area (Å²) in [5.41, 5.74) is 11.4. The average molecular weight is 549 g/mol. The molecular formula is C38H32N2O2. The number of allylic oxidation sites excluding steroid dienone is 3. The number of hydrogen-bond acceptors (Lipinski definition) is 2. The molecule has 0 saturated carbocycles. The first-order valence-corrected chi connectivity index (χ1v) is 14.6. The number of fused-ring (bicyclic) bond motifs is 2. The summed E-state index contributed by atoms with van der Waals surface area (Å²) in [5.74, 6) is -0.321. The van der Waals surface area contributed by atoms with Gasteiger partial charge in [-0.15, -0.1) is 0 Å². The van der Waals surface area contributed by atoms with Crippen LogP contribution in [0, 0.1) is 6.92 Å². The quantitative estimate of drug-likeness (QED) is 0.168. The molecule has 5 aromatic rings. The largest absolute Gasteiger partial charge is 0.871 e.